The molecule has 0 aromatic carbocycles. The number of rotatable bonds is 5. The van der Waals surface area contributed by atoms with Gasteiger partial charge in [-0.1, -0.05) is 0 Å². The average Bonchev–Trinajstić information content (AvgIpc) is 2.87. The molecule has 86 valence electrons. The number of aryl methyl sites for hydroxylation is 1. The Morgan fingerprint density at radius 3 is 3.06 bits per heavy atom. The van der Waals surface area contributed by atoms with E-state index in [0.717, 1.165) is 23.8 Å². The second-order valence-electron chi connectivity index (χ2n) is 3.87. The van der Waals surface area contributed by atoms with E-state index in [4.69, 9.17) is 0 Å². The van der Waals surface area contributed by atoms with E-state index in [0.29, 0.717) is 6.04 Å². The summed E-state index contributed by atoms with van der Waals surface area (Å²) in [5, 5.41) is 10.8. The first kappa shape index (κ1) is 11.3. The van der Waals surface area contributed by atoms with E-state index in [-0.39, 0.29) is 0 Å². The largest absolute Gasteiger partial charge is 0.307 e. The SMILES string of the molecule is Cc1nc(CNC(C)Cn2cccn2)cs1. The van der Waals surface area contributed by atoms with Crippen LogP contribution in [0.1, 0.15) is 17.6 Å². The van der Waals surface area contributed by atoms with E-state index < -0.39 is 0 Å². The molecule has 1 atom stereocenters. The molecule has 0 aliphatic carbocycles. The highest BCUT2D eigenvalue weighted by Crippen LogP contribution is 2.07. The summed E-state index contributed by atoms with van der Waals surface area (Å²) in [5.41, 5.74) is 1.12. The van der Waals surface area contributed by atoms with Gasteiger partial charge in [-0.3, -0.25) is 4.68 Å². The van der Waals surface area contributed by atoms with Crippen LogP contribution in [0.2, 0.25) is 0 Å². The van der Waals surface area contributed by atoms with Gasteiger partial charge in [-0.2, -0.15) is 5.10 Å². The van der Waals surface area contributed by atoms with E-state index in [1.165, 1.54) is 0 Å². The number of thiazole rings is 1. The fraction of sp³-hybridized carbons (Fsp3) is 0.455. The molecule has 4 nitrogen and oxygen atoms in total. The maximum atomic E-state index is 4.41. The van der Waals surface area contributed by atoms with Gasteiger partial charge in [0, 0.05) is 30.4 Å². The molecule has 0 amide bonds. The Hall–Kier alpha value is -1.20. The highest BCUT2D eigenvalue weighted by Gasteiger charge is 2.04. The highest BCUT2D eigenvalue weighted by molar-refractivity contribution is 7.09. The van der Waals surface area contributed by atoms with Gasteiger partial charge in [-0.25, -0.2) is 4.98 Å². The minimum absolute atomic E-state index is 0.391. The first-order valence-electron chi connectivity index (χ1n) is 5.36. The molecule has 0 saturated heterocycles. The van der Waals surface area contributed by atoms with Crippen LogP contribution in [0, 0.1) is 6.92 Å². The minimum Gasteiger partial charge on any atom is -0.307 e. The molecule has 0 saturated carbocycles. The van der Waals surface area contributed by atoms with Gasteiger partial charge in [0.1, 0.15) is 0 Å². The van der Waals surface area contributed by atoms with Crippen LogP contribution in [0.4, 0.5) is 0 Å². The first-order chi connectivity index (χ1) is 7.74. The van der Waals surface area contributed by atoms with Crippen LogP contribution in [0.15, 0.2) is 23.8 Å². The van der Waals surface area contributed by atoms with Crippen LogP contribution >= 0.6 is 11.3 Å². The summed E-state index contributed by atoms with van der Waals surface area (Å²) in [6.45, 7) is 5.89. The number of hydrogen-bond donors (Lipinski definition) is 1. The van der Waals surface area contributed by atoms with Gasteiger partial charge in [0.15, 0.2) is 0 Å². The quantitative estimate of drug-likeness (QED) is 0.861. The molecule has 2 aromatic heterocycles. The third-order valence-corrected chi connectivity index (χ3v) is 3.14. The van der Waals surface area contributed by atoms with Gasteiger partial charge < -0.3 is 5.32 Å². The van der Waals surface area contributed by atoms with Gasteiger partial charge in [0.2, 0.25) is 0 Å². The standard InChI is InChI=1S/C11H16N4S/c1-9(7-15-5-3-4-13-15)12-6-11-8-16-10(2)14-11/h3-5,8-9,12H,6-7H2,1-2H3. The van der Waals surface area contributed by atoms with Crippen molar-refractivity contribution in [2.75, 3.05) is 0 Å². The molecule has 5 heteroatoms. The second kappa shape index (κ2) is 5.23. The van der Waals surface area contributed by atoms with Crippen molar-refractivity contribution < 1.29 is 0 Å². The van der Waals surface area contributed by atoms with Gasteiger partial charge in [-0.05, 0) is 19.9 Å². The molecule has 2 rings (SSSR count). The normalized spacial score (nSPS) is 12.9. The molecule has 0 spiro atoms. The smallest absolute Gasteiger partial charge is 0.0897 e. The monoisotopic (exact) mass is 236 g/mol. The Kier molecular flexibility index (Phi) is 3.69. The van der Waals surface area contributed by atoms with E-state index >= 15 is 0 Å². The molecule has 1 unspecified atom stereocenters. The van der Waals surface area contributed by atoms with Crippen molar-refractivity contribution in [2.24, 2.45) is 0 Å². The van der Waals surface area contributed by atoms with Gasteiger partial charge >= 0.3 is 0 Å². The predicted molar refractivity (Wildman–Crippen MR) is 65.4 cm³/mol. The molecule has 0 bridgehead atoms. The summed E-state index contributed by atoms with van der Waals surface area (Å²) < 4.78 is 1.93. The van der Waals surface area contributed by atoms with Crippen molar-refractivity contribution in [3.05, 3.63) is 34.5 Å². The van der Waals surface area contributed by atoms with Crippen LogP contribution in [0.3, 0.4) is 0 Å². The predicted octanol–water partition coefficient (Wildman–Crippen LogP) is 1.83. The Morgan fingerprint density at radius 1 is 1.56 bits per heavy atom. The van der Waals surface area contributed by atoms with Crippen molar-refractivity contribution in [2.45, 2.75) is 33.0 Å². The molecule has 2 heterocycles. The molecule has 1 N–H and O–H groups in total. The van der Waals surface area contributed by atoms with Crippen molar-refractivity contribution in [3.8, 4) is 0 Å². The van der Waals surface area contributed by atoms with Crippen molar-refractivity contribution in [3.63, 3.8) is 0 Å². The molecule has 0 fully saturated rings. The fourth-order valence-electron chi connectivity index (χ4n) is 1.52. The Labute approximate surface area is 99.3 Å². The number of hydrogen-bond acceptors (Lipinski definition) is 4. The Balaban J connectivity index is 1.77. The molecular formula is C11H16N4S. The zero-order chi connectivity index (χ0) is 11.4. The van der Waals surface area contributed by atoms with Crippen LogP contribution in [-0.2, 0) is 13.1 Å². The Morgan fingerprint density at radius 2 is 2.44 bits per heavy atom. The Bertz CT molecular complexity index is 421. The lowest BCUT2D eigenvalue weighted by Crippen LogP contribution is -2.30. The summed E-state index contributed by atoms with van der Waals surface area (Å²) >= 11 is 1.69. The summed E-state index contributed by atoms with van der Waals surface area (Å²) in [5.74, 6) is 0. The third-order valence-electron chi connectivity index (χ3n) is 2.32. The van der Waals surface area contributed by atoms with Gasteiger partial charge in [-0.15, -0.1) is 11.3 Å². The zero-order valence-electron chi connectivity index (χ0n) is 9.55. The maximum Gasteiger partial charge on any atom is 0.0897 e. The first-order valence-corrected chi connectivity index (χ1v) is 6.24. The van der Waals surface area contributed by atoms with Crippen LogP contribution in [-0.4, -0.2) is 20.8 Å². The number of aromatic nitrogens is 3. The van der Waals surface area contributed by atoms with Crippen molar-refractivity contribution in [1.29, 1.82) is 0 Å². The zero-order valence-corrected chi connectivity index (χ0v) is 10.4. The molecular weight excluding hydrogens is 220 g/mol. The maximum absolute atomic E-state index is 4.41. The minimum atomic E-state index is 0.391. The van der Waals surface area contributed by atoms with E-state index in [2.05, 4.69) is 27.7 Å². The van der Waals surface area contributed by atoms with E-state index in [1.54, 1.807) is 17.5 Å². The lowest BCUT2D eigenvalue weighted by atomic mass is 10.3. The third kappa shape index (κ3) is 3.15. The van der Waals surface area contributed by atoms with Gasteiger partial charge in [0.25, 0.3) is 0 Å². The topological polar surface area (TPSA) is 42.7 Å². The summed E-state index contributed by atoms with van der Waals surface area (Å²) in [4.78, 5) is 4.41. The average molecular weight is 236 g/mol. The molecule has 0 aliphatic rings. The fourth-order valence-corrected chi connectivity index (χ4v) is 2.13. The highest BCUT2D eigenvalue weighted by atomic mass is 32.1. The van der Waals surface area contributed by atoms with E-state index in [9.17, 15) is 0 Å². The number of nitrogens with one attached hydrogen (secondary N) is 1. The van der Waals surface area contributed by atoms with Crippen LogP contribution in [0.25, 0.3) is 0 Å². The lowest BCUT2D eigenvalue weighted by Gasteiger charge is -2.12. The summed E-state index contributed by atoms with van der Waals surface area (Å²) in [6.07, 6.45) is 3.78. The molecule has 2 aromatic rings. The molecule has 16 heavy (non-hydrogen) atoms. The van der Waals surface area contributed by atoms with Crippen molar-refractivity contribution >= 4 is 11.3 Å². The summed E-state index contributed by atoms with van der Waals surface area (Å²) in [6, 6.07) is 2.33. The van der Waals surface area contributed by atoms with Gasteiger partial charge in [0.05, 0.1) is 17.2 Å². The van der Waals surface area contributed by atoms with Crippen molar-refractivity contribution in [1.82, 2.24) is 20.1 Å². The van der Waals surface area contributed by atoms with E-state index in [1.807, 2.05) is 23.9 Å². The molecule has 0 aliphatic heterocycles. The number of nitrogens with zero attached hydrogens (tertiary/aromatic N) is 3. The molecule has 0 radical (unpaired) electrons. The van der Waals surface area contributed by atoms with Crippen LogP contribution < -0.4 is 5.32 Å². The van der Waals surface area contributed by atoms with Crippen LogP contribution in [0.5, 0.6) is 0 Å². The lowest BCUT2D eigenvalue weighted by molar-refractivity contribution is 0.449. The second-order valence-corrected chi connectivity index (χ2v) is 4.93. The summed E-state index contributed by atoms with van der Waals surface area (Å²) in [7, 11) is 0.